The van der Waals surface area contributed by atoms with Gasteiger partial charge in [-0.15, -0.1) is 0 Å². The van der Waals surface area contributed by atoms with Gasteiger partial charge in [-0.1, -0.05) is 19.9 Å². The van der Waals surface area contributed by atoms with Crippen molar-refractivity contribution in [3.05, 3.63) is 12.2 Å². The lowest BCUT2D eigenvalue weighted by Crippen LogP contribution is -2.23. The second kappa shape index (κ2) is 6.40. The van der Waals surface area contributed by atoms with Crippen LogP contribution in [0.4, 0.5) is 0 Å². The molecule has 1 aliphatic rings. The molecule has 0 saturated heterocycles. The van der Waals surface area contributed by atoms with Gasteiger partial charge in [-0.05, 0) is 64.2 Å². The molecule has 0 atom stereocenters. The Morgan fingerprint density at radius 3 is 2.17 bits per heavy atom. The number of hydrogen-bond acceptors (Lipinski definition) is 2. The van der Waals surface area contributed by atoms with Crippen LogP contribution in [0.3, 0.4) is 0 Å². The Labute approximate surface area is 112 Å². The highest BCUT2D eigenvalue weighted by atomic mass is 16.6. The Balaban J connectivity index is 2.34. The summed E-state index contributed by atoms with van der Waals surface area (Å²) < 4.78 is 5.26. The predicted molar refractivity (Wildman–Crippen MR) is 75.3 cm³/mol. The van der Waals surface area contributed by atoms with E-state index in [1.165, 1.54) is 25.7 Å². The summed E-state index contributed by atoms with van der Waals surface area (Å²) in [6.07, 6.45) is 8.67. The molecule has 104 valence electrons. The maximum atomic E-state index is 11.6. The van der Waals surface area contributed by atoms with Crippen LogP contribution in [0.25, 0.3) is 0 Å². The first-order valence-electron chi connectivity index (χ1n) is 7.19. The molecule has 0 aliphatic heterocycles. The normalized spacial score (nSPS) is 25.7. The minimum Gasteiger partial charge on any atom is -0.457 e. The number of rotatable bonds is 3. The Kier molecular flexibility index (Phi) is 5.43. The van der Waals surface area contributed by atoms with Gasteiger partial charge < -0.3 is 4.74 Å². The van der Waals surface area contributed by atoms with E-state index in [2.05, 4.69) is 13.8 Å². The second-order valence-electron chi connectivity index (χ2n) is 6.81. The predicted octanol–water partition coefficient (Wildman–Crippen LogP) is 4.35. The number of carbonyl (C=O) groups excluding carboxylic acids is 1. The average Bonchev–Trinajstić information content (AvgIpc) is 2.24. The summed E-state index contributed by atoms with van der Waals surface area (Å²) in [4.78, 5) is 11.6. The molecule has 2 heteroatoms. The van der Waals surface area contributed by atoms with Crippen molar-refractivity contribution in [3.63, 3.8) is 0 Å². The Morgan fingerprint density at radius 1 is 1.17 bits per heavy atom. The summed E-state index contributed by atoms with van der Waals surface area (Å²) in [5, 5.41) is 0. The monoisotopic (exact) mass is 252 g/mol. The number of hydrogen-bond donors (Lipinski definition) is 0. The van der Waals surface area contributed by atoms with Crippen LogP contribution in [0.15, 0.2) is 12.2 Å². The molecule has 0 aromatic carbocycles. The fraction of sp³-hybridized carbons (Fsp3) is 0.812. The first-order chi connectivity index (χ1) is 8.28. The van der Waals surface area contributed by atoms with Crippen LogP contribution in [0.5, 0.6) is 0 Å². The molecule has 1 aliphatic carbocycles. The lowest BCUT2D eigenvalue weighted by atomic mass is 9.77. The minimum atomic E-state index is -0.392. The summed E-state index contributed by atoms with van der Waals surface area (Å²) in [6, 6.07) is 0. The first kappa shape index (κ1) is 15.3. The van der Waals surface area contributed by atoms with Gasteiger partial charge >= 0.3 is 5.97 Å². The van der Waals surface area contributed by atoms with E-state index >= 15 is 0 Å². The van der Waals surface area contributed by atoms with Gasteiger partial charge in [-0.3, -0.25) is 0 Å². The van der Waals surface area contributed by atoms with Crippen molar-refractivity contribution >= 4 is 5.97 Å². The molecular formula is C16H28O2. The van der Waals surface area contributed by atoms with Crippen LogP contribution in [0.1, 0.15) is 60.3 Å². The molecule has 18 heavy (non-hydrogen) atoms. The van der Waals surface area contributed by atoms with Crippen molar-refractivity contribution in [2.24, 2.45) is 17.8 Å². The molecular weight excluding hydrogens is 224 g/mol. The van der Waals surface area contributed by atoms with Gasteiger partial charge in [0.05, 0.1) is 0 Å². The van der Waals surface area contributed by atoms with Gasteiger partial charge in [0.1, 0.15) is 5.60 Å². The smallest absolute Gasteiger partial charge is 0.330 e. The average molecular weight is 252 g/mol. The lowest BCUT2D eigenvalue weighted by Gasteiger charge is -2.29. The maximum absolute atomic E-state index is 11.6. The van der Waals surface area contributed by atoms with Crippen LogP contribution in [0, 0.1) is 17.8 Å². The van der Waals surface area contributed by atoms with Crippen LogP contribution in [-0.4, -0.2) is 11.6 Å². The van der Waals surface area contributed by atoms with Crippen molar-refractivity contribution in [2.45, 2.75) is 65.9 Å². The molecule has 0 aromatic rings. The third kappa shape index (κ3) is 5.70. The molecule has 0 amide bonds. The lowest BCUT2D eigenvalue weighted by molar-refractivity contribution is -0.148. The second-order valence-corrected chi connectivity index (χ2v) is 6.81. The largest absolute Gasteiger partial charge is 0.457 e. The van der Waals surface area contributed by atoms with Crippen molar-refractivity contribution in [1.29, 1.82) is 0 Å². The van der Waals surface area contributed by atoms with Gasteiger partial charge in [0, 0.05) is 6.08 Å². The SMILES string of the molecule is CC(C)C1CCC(/C=C/C(=O)OC(C)(C)C)CC1. The van der Waals surface area contributed by atoms with E-state index in [4.69, 9.17) is 4.74 Å². The fourth-order valence-electron chi connectivity index (χ4n) is 2.55. The number of carbonyl (C=O) groups is 1. The third-order valence-electron chi connectivity index (χ3n) is 3.67. The Hall–Kier alpha value is -0.790. The van der Waals surface area contributed by atoms with E-state index < -0.39 is 5.60 Å². The molecule has 0 spiro atoms. The minimum absolute atomic E-state index is 0.214. The van der Waals surface area contributed by atoms with Gasteiger partial charge in [-0.25, -0.2) is 4.79 Å². The van der Waals surface area contributed by atoms with Gasteiger partial charge in [0.25, 0.3) is 0 Å². The van der Waals surface area contributed by atoms with Gasteiger partial charge in [0.15, 0.2) is 0 Å². The van der Waals surface area contributed by atoms with E-state index in [0.29, 0.717) is 5.92 Å². The third-order valence-corrected chi connectivity index (χ3v) is 3.67. The zero-order valence-corrected chi connectivity index (χ0v) is 12.5. The summed E-state index contributed by atoms with van der Waals surface area (Å²) in [5.74, 6) is 2.01. The maximum Gasteiger partial charge on any atom is 0.330 e. The van der Waals surface area contributed by atoms with E-state index in [1.54, 1.807) is 6.08 Å². The van der Waals surface area contributed by atoms with Gasteiger partial charge in [-0.2, -0.15) is 0 Å². The quantitative estimate of drug-likeness (QED) is 0.551. The van der Waals surface area contributed by atoms with Crippen molar-refractivity contribution in [3.8, 4) is 0 Å². The molecule has 1 fully saturated rings. The molecule has 0 bridgehead atoms. The van der Waals surface area contributed by atoms with E-state index in [1.807, 2.05) is 26.8 Å². The summed E-state index contributed by atoms with van der Waals surface area (Å²) in [7, 11) is 0. The number of ether oxygens (including phenoxy) is 1. The van der Waals surface area contributed by atoms with Crippen molar-refractivity contribution < 1.29 is 9.53 Å². The van der Waals surface area contributed by atoms with Crippen LogP contribution < -0.4 is 0 Å². The highest BCUT2D eigenvalue weighted by Gasteiger charge is 2.22. The summed E-state index contributed by atoms with van der Waals surface area (Å²) in [5.41, 5.74) is -0.392. The Morgan fingerprint density at radius 2 is 1.72 bits per heavy atom. The number of esters is 1. The topological polar surface area (TPSA) is 26.3 Å². The summed E-state index contributed by atoms with van der Waals surface area (Å²) >= 11 is 0. The van der Waals surface area contributed by atoms with Crippen LogP contribution in [-0.2, 0) is 9.53 Å². The highest BCUT2D eigenvalue weighted by molar-refractivity contribution is 5.82. The molecule has 2 nitrogen and oxygen atoms in total. The van der Waals surface area contributed by atoms with E-state index in [-0.39, 0.29) is 5.97 Å². The molecule has 0 heterocycles. The zero-order chi connectivity index (χ0) is 13.8. The van der Waals surface area contributed by atoms with Crippen LogP contribution >= 0.6 is 0 Å². The number of allylic oxidation sites excluding steroid dienone is 1. The summed E-state index contributed by atoms with van der Waals surface area (Å²) in [6.45, 7) is 10.3. The highest BCUT2D eigenvalue weighted by Crippen LogP contribution is 2.33. The molecule has 0 N–H and O–H groups in total. The standard InChI is InChI=1S/C16H28O2/c1-12(2)14-9-6-13(7-10-14)8-11-15(17)18-16(3,4)5/h8,11-14H,6-7,9-10H2,1-5H3/b11-8+. The molecule has 1 saturated carbocycles. The molecule has 1 rings (SSSR count). The molecule has 0 radical (unpaired) electrons. The first-order valence-corrected chi connectivity index (χ1v) is 7.19. The van der Waals surface area contributed by atoms with E-state index in [0.717, 1.165) is 11.8 Å². The molecule has 0 unspecified atom stereocenters. The molecule has 0 aromatic heterocycles. The Bertz CT molecular complexity index is 289. The van der Waals surface area contributed by atoms with Crippen molar-refractivity contribution in [2.75, 3.05) is 0 Å². The van der Waals surface area contributed by atoms with Crippen LogP contribution in [0.2, 0.25) is 0 Å². The fourth-order valence-corrected chi connectivity index (χ4v) is 2.55. The van der Waals surface area contributed by atoms with Crippen molar-refractivity contribution in [1.82, 2.24) is 0 Å². The van der Waals surface area contributed by atoms with Gasteiger partial charge in [0.2, 0.25) is 0 Å². The van der Waals surface area contributed by atoms with E-state index in [9.17, 15) is 4.79 Å². The zero-order valence-electron chi connectivity index (χ0n) is 12.5.